The zero-order valence-corrected chi connectivity index (χ0v) is 16.7. The monoisotopic (exact) mass is 415 g/mol. The Labute approximate surface area is 172 Å². The summed E-state index contributed by atoms with van der Waals surface area (Å²) in [5.74, 6) is -0.463. The number of nitrogens with one attached hydrogen (secondary N) is 1. The van der Waals surface area contributed by atoms with Crippen LogP contribution in [0.25, 0.3) is 0 Å². The topological polar surface area (TPSA) is 80.1 Å². The van der Waals surface area contributed by atoms with Crippen LogP contribution in [0.15, 0.2) is 58.7 Å². The highest BCUT2D eigenvalue weighted by Crippen LogP contribution is 2.23. The Hall–Kier alpha value is -2.64. The first-order valence-corrected chi connectivity index (χ1v) is 9.91. The van der Waals surface area contributed by atoms with Crippen molar-refractivity contribution in [2.24, 2.45) is 10.2 Å². The van der Waals surface area contributed by atoms with Crippen LogP contribution in [0.1, 0.15) is 28.4 Å². The van der Waals surface area contributed by atoms with Crippen molar-refractivity contribution in [1.82, 2.24) is 5.32 Å². The van der Waals surface area contributed by atoms with Crippen molar-refractivity contribution in [3.63, 3.8) is 0 Å². The van der Waals surface area contributed by atoms with Crippen LogP contribution in [-0.2, 0) is 16.0 Å². The molecule has 0 saturated carbocycles. The summed E-state index contributed by atoms with van der Waals surface area (Å²) in [5, 5.41) is 11.6. The van der Waals surface area contributed by atoms with E-state index >= 15 is 0 Å². The molecule has 1 fully saturated rings. The number of benzene rings is 2. The Morgan fingerprint density at radius 1 is 1.21 bits per heavy atom. The van der Waals surface area contributed by atoms with Gasteiger partial charge in [-0.3, -0.25) is 4.79 Å². The van der Waals surface area contributed by atoms with E-state index in [0.717, 1.165) is 11.1 Å². The molecule has 1 aliphatic rings. The van der Waals surface area contributed by atoms with Gasteiger partial charge in [0, 0.05) is 5.02 Å². The second-order valence-corrected chi connectivity index (χ2v) is 7.55. The third kappa shape index (κ3) is 5.43. The van der Waals surface area contributed by atoms with E-state index in [9.17, 15) is 9.59 Å². The molecular formula is C20H18ClN3O3S. The van der Waals surface area contributed by atoms with Gasteiger partial charge in [0.25, 0.3) is 0 Å². The van der Waals surface area contributed by atoms with Crippen LogP contribution >= 0.6 is 23.4 Å². The van der Waals surface area contributed by atoms with Gasteiger partial charge in [-0.05, 0) is 48.7 Å². The average Bonchev–Trinajstić information content (AvgIpc) is 3.03. The molecule has 1 heterocycles. The van der Waals surface area contributed by atoms with Crippen LogP contribution in [0, 0.1) is 0 Å². The van der Waals surface area contributed by atoms with Crippen LogP contribution in [0.3, 0.4) is 0 Å². The van der Waals surface area contributed by atoms with Crippen LogP contribution < -0.4 is 5.32 Å². The maximum Gasteiger partial charge on any atom is 0.338 e. The summed E-state index contributed by atoms with van der Waals surface area (Å²) in [6.45, 7) is 2.10. The van der Waals surface area contributed by atoms with Crippen molar-refractivity contribution < 1.29 is 14.3 Å². The Bertz CT molecular complexity index is 911. The molecule has 1 N–H and O–H groups in total. The van der Waals surface area contributed by atoms with Gasteiger partial charge in [-0.1, -0.05) is 47.6 Å². The summed E-state index contributed by atoms with van der Waals surface area (Å²) in [4.78, 5) is 23.9. The lowest BCUT2D eigenvalue weighted by molar-refractivity contribution is -0.118. The number of carbonyl (C=O) groups excluding carboxylic acids is 2. The SMILES string of the molecule is CCOC(=O)c1ccc(C[C@H]2S/C(=N/N=C\c3ccc(Cl)cc3)NC2=O)cc1. The molecule has 0 spiro atoms. The third-order valence-electron chi connectivity index (χ3n) is 3.89. The molecule has 6 nitrogen and oxygen atoms in total. The van der Waals surface area contributed by atoms with Gasteiger partial charge >= 0.3 is 5.97 Å². The molecule has 1 amide bonds. The molecule has 1 atom stereocenters. The number of nitrogens with zero attached hydrogens (tertiary/aromatic N) is 2. The standard InChI is InChI=1S/C20H18ClN3O3S/c1-2-27-19(26)15-7-3-13(4-8-15)11-17-18(25)23-20(28-17)24-22-12-14-5-9-16(21)10-6-14/h3-10,12,17H,2,11H2,1H3,(H,23,24,25)/b22-12-/t17-/m1/s1. The van der Waals surface area contributed by atoms with E-state index in [4.69, 9.17) is 16.3 Å². The van der Waals surface area contributed by atoms with Crippen molar-refractivity contribution in [3.05, 3.63) is 70.2 Å². The van der Waals surface area contributed by atoms with Crippen molar-refractivity contribution >= 4 is 46.6 Å². The first kappa shape index (κ1) is 20.1. The summed E-state index contributed by atoms with van der Waals surface area (Å²) < 4.78 is 4.96. The number of esters is 1. The normalized spacial score (nSPS) is 17.9. The van der Waals surface area contributed by atoms with E-state index in [1.165, 1.54) is 11.8 Å². The summed E-state index contributed by atoms with van der Waals surface area (Å²) >= 11 is 7.17. The molecule has 8 heteroatoms. The maximum atomic E-state index is 12.2. The van der Waals surface area contributed by atoms with Crippen molar-refractivity contribution in [3.8, 4) is 0 Å². The molecule has 28 heavy (non-hydrogen) atoms. The van der Waals surface area contributed by atoms with Crippen LogP contribution in [0.2, 0.25) is 5.02 Å². The van der Waals surface area contributed by atoms with E-state index in [1.807, 2.05) is 24.3 Å². The number of hydrogen-bond donors (Lipinski definition) is 1. The van der Waals surface area contributed by atoms with E-state index in [2.05, 4.69) is 15.5 Å². The lowest BCUT2D eigenvalue weighted by Gasteiger charge is -2.06. The molecular weight excluding hydrogens is 398 g/mol. The van der Waals surface area contributed by atoms with Crippen LogP contribution in [-0.4, -0.2) is 35.1 Å². The highest BCUT2D eigenvalue weighted by Gasteiger charge is 2.30. The number of rotatable bonds is 6. The minimum absolute atomic E-state index is 0.111. The summed E-state index contributed by atoms with van der Waals surface area (Å²) in [6.07, 6.45) is 2.12. The number of halogens is 1. The number of carbonyl (C=O) groups is 2. The molecule has 1 saturated heterocycles. The summed E-state index contributed by atoms with van der Waals surface area (Å²) in [5.41, 5.74) is 2.31. The fraction of sp³-hybridized carbons (Fsp3) is 0.200. The predicted octanol–water partition coefficient (Wildman–Crippen LogP) is 3.68. The van der Waals surface area contributed by atoms with Gasteiger partial charge in [-0.15, -0.1) is 5.10 Å². The van der Waals surface area contributed by atoms with Crippen LogP contribution in [0.5, 0.6) is 0 Å². The van der Waals surface area contributed by atoms with Gasteiger partial charge < -0.3 is 10.1 Å². The summed E-state index contributed by atoms with van der Waals surface area (Å²) in [7, 11) is 0. The maximum absolute atomic E-state index is 12.2. The molecule has 0 bridgehead atoms. The minimum Gasteiger partial charge on any atom is -0.462 e. The highest BCUT2D eigenvalue weighted by molar-refractivity contribution is 8.15. The Kier molecular flexibility index (Phi) is 6.84. The van der Waals surface area contributed by atoms with Gasteiger partial charge in [0.2, 0.25) is 5.91 Å². The molecule has 2 aromatic carbocycles. The molecule has 1 aliphatic heterocycles. The Balaban J connectivity index is 1.58. The fourth-order valence-corrected chi connectivity index (χ4v) is 3.58. The predicted molar refractivity (Wildman–Crippen MR) is 112 cm³/mol. The number of thioether (sulfide) groups is 1. The van der Waals surface area contributed by atoms with Gasteiger partial charge in [-0.25, -0.2) is 4.79 Å². The summed E-state index contributed by atoms with van der Waals surface area (Å²) in [6, 6.07) is 14.3. The molecule has 0 aliphatic carbocycles. The highest BCUT2D eigenvalue weighted by atomic mass is 35.5. The van der Waals surface area contributed by atoms with Gasteiger partial charge in [0.15, 0.2) is 5.17 Å². The van der Waals surface area contributed by atoms with Crippen molar-refractivity contribution in [2.45, 2.75) is 18.6 Å². The Morgan fingerprint density at radius 3 is 2.61 bits per heavy atom. The number of amides is 1. The fourth-order valence-electron chi connectivity index (χ4n) is 2.49. The van der Waals surface area contributed by atoms with Gasteiger partial charge in [-0.2, -0.15) is 5.10 Å². The van der Waals surface area contributed by atoms with Crippen molar-refractivity contribution in [1.29, 1.82) is 0 Å². The molecule has 3 rings (SSSR count). The number of hydrogen-bond acceptors (Lipinski definition) is 6. The molecule has 0 radical (unpaired) electrons. The largest absolute Gasteiger partial charge is 0.462 e. The second kappa shape index (κ2) is 9.52. The first-order chi connectivity index (χ1) is 13.5. The molecule has 0 aromatic heterocycles. The smallest absolute Gasteiger partial charge is 0.338 e. The minimum atomic E-state index is -0.352. The molecule has 144 valence electrons. The number of ether oxygens (including phenoxy) is 1. The average molecular weight is 416 g/mol. The zero-order valence-electron chi connectivity index (χ0n) is 15.1. The molecule has 2 aromatic rings. The van der Waals surface area contributed by atoms with E-state index in [1.54, 1.807) is 37.4 Å². The van der Waals surface area contributed by atoms with Gasteiger partial charge in [0.05, 0.1) is 23.6 Å². The Morgan fingerprint density at radius 2 is 1.93 bits per heavy atom. The first-order valence-electron chi connectivity index (χ1n) is 8.65. The lowest BCUT2D eigenvalue weighted by Crippen LogP contribution is -2.25. The van der Waals surface area contributed by atoms with E-state index in [-0.39, 0.29) is 17.1 Å². The zero-order chi connectivity index (χ0) is 19.9. The third-order valence-corrected chi connectivity index (χ3v) is 5.21. The quantitative estimate of drug-likeness (QED) is 0.443. The van der Waals surface area contributed by atoms with Crippen LogP contribution in [0.4, 0.5) is 0 Å². The van der Waals surface area contributed by atoms with E-state index in [0.29, 0.717) is 28.8 Å². The number of amidine groups is 1. The van der Waals surface area contributed by atoms with Gasteiger partial charge in [0.1, 0.15) is 0 Å². The second-order valence-electron chi connectivity index (χ2n) is 5.92. The lowest BCUT2D eigenvalue weighted by atomic mass is 10.1. The van der Waals surface area contributed by atoms with Crippen molar-refractivity contribution in [2.75, 3.05) is 6.61 Å². The van der Waals surface area contributed by atoms with E-state index < -0.39 is 0 Å². The molecule has 0 unspecified atom stereocenters.